The summed E-state index contributed by atoms with van der Waals surface area (Å²) in [5.41, 5.74) is 4.51. The number of aryl methyl sites for hydroxylation is 1. The number of rotatable bonds is 8. The fourth-order valence-electron chi connectivity index (χ4n) is 4.35. The average molecular weight is 471 g/mol. The van der Waals surface area contributed by atoms with E-state index >= 15 is 0 Å². The number of fused-ring (bicyclic) bond motifs is 1. The van der Waals surface area contributed by atoms with Gasteiger partial charge in [-0.2, -0.15) is 0 Å². The van der Waals surface area contributed by atoms with Crippen molar-refractivity contribution in [1.82, 2.24) is 19.8 Å². The second-order valence-electron chi connectivity index (χ2n) is 8.68. The molecule has 7 heteroatoms. The summed E-state index contributed by atoms with van der Waals surface area (Å²) in [6.45, 7) is 7.30. The van der Waals surface area contributed by atoms with Gasteiger partial charge in [-0.05, 0) is 55.0 Å². The Morgan fingerprint density at radius 1 is 1.03 bits per heavy atom. The highest BCUT2D eigenvalue weighted by atomic mass is 16.5. The Balaban J connectivity index is 1.25. The third-order valence-corrected chi connectivity index (χ3v) is 6.24. The lowest BCUT2D eigenvalue weighted by Crippen LogP contribution is -2.41. The Hall–Kier alpha value is -3.68. The molecule has 1 amide bonds. The van der Waals surface area contributed by atoms with Crippen molar-refractivity contribution in [3.63, 3.8) is 0 Å². The Labute approximate surface area is 205 Å². The van der Waals surface area contributed by atoms with Gasteiger partial charge in [0.25, 0.3) is 5.91 Å². The molecule has 1 aliphatic rings. The van der Waals surface area contributed by atoms with Crippen molar-refractivity contribution in [3.05, 3.63) is 89.7 Å². The van der Waals surface area contributed by atoms with Crippen LogP contribution in [0, 0.1) is 6.92 Å². The van der Waals surface area contributed by atoms with Crippen molar-refractivity contribution >= 4 is 16.9 Å². The van der Waals surface area contributed by atoms with E-state index in [1.54, 1.807) is 0 Å². The first-order valence-corrected chi connectivity index (χ1v) is 12.0. The van der Waals surface area contributed by atoms with Crippen LogP contribution in [0.3, 0.4) is 0 Å². The summed E-state index contributed by atoms with van der Waals surface area (Å²) in [7, 11) is 0. The second-order valence-corrected chi connectivity index (χ2v) is 8.68. The lowest BCUT2D eigenvalue weighted by molar-refractivity contribution is 0.0383. The normalized spacial score (nSPS) is 14.2. The van der Waals surface area contributed by atoms with Crippen molar-refractivity contribution in [2.75, 3.05) is 39.4 Å². The molecule has 0 atom stereocenters. The minimum absolute atomic E-state index is 0.0766. The summed E-state index contributed by atoms with van der Waals surface area (Å²) in [4.78, 5) is 19.7. The third kappa shape index (κ3) is 5.53. The molecular formula is C28H30N4O3. The van der Waals surface area contributed by atoms with Crippen LogP contribution in [0.2, 0.25) is 0 Å². The van der Waals surface area contributed by atoms with Gasteiger partial charge in [0.05, 0.1) is 24.2 Å². The molecule has 180 valence electrons. The summed E-state index contributed by atoms with van der Waals surface area (Å²) in [5.74, 6) is 1.60. The zero-order valence-corrected chi connectivity index (χ0v) is 19.9. The van der Waals surface area contributed by atoms with Gasteiger partial charge in [-0.1, -0.05) is 30.3 Å². The van der Waals surface area contributed by atoms with Gasteiger partial charge in [-0.3, -0.25) is 14.3 Å². The number of carbonyl (C=O) groups excluding carboxylic acids is 1. The number of imidazole rings is 1. The monoisotopic (exact) mass is 470 g/mol. The number of hydrogen-bond donors (Lipinski definition) is 1. The molecule has 0 unspecified atom stereocenters. The van der Waals surface area contributed by atoms with E-state index in [2.05, 4.69) is 14.8 Å². The standard InChI is InChI=1S/C28H30N4O3/c1-21-30-26-19-23(28(33)29-13-14-31-15-17-34-18-16-31)7-12-27(26)32(21)24-8-10-25(11-9-24)35-20-22-5-3-2-4-6-22/h2-12,19H,13-18,20H2,1H3,(H,29,33). The minimum atomic E-state index is -0.0766. The van der Waals surface area contributed by atoms with Gasteiger partial charge in [-0.25, -0.2) is 4.98 Å². The second kappa shape index (κ2) is 10.7. The van der Waals surface area contributed by atoms with Crippen molar-refractivity contribution in [3.8, 4) is 11.4 Å². The van der Waals surface area contributed by atoms with Crippen molar-refractivity contribution < 1.29 is 14.3 Å². The molecular weight excluding hydrogens is 440 g/mol. The smallest absolute Gasteiger partial charge is 0.251 e. The van der Waals surface area contributed by atoms with Crippen LogP contribution in [0.15, 0.2) is 72.8 Å². The maximum Gasteiger partial charge on any atom is 0.251 e. The Morgan fingerprint density at radius 3 is 2.57 bits per heavy atom. The van der Waals surface area contributed by atoms with Crippen LogP contribution in [0.5, 0.6) is 5.75 Å². The Morgan fingerprint density at radius 2 is 1.80 bits per heavy atom. The van der Waals surface area contributed by atoms with Gasteiger partial charge in [0, 0.05) is 37.4 Å². The van der Waals surface area contributed by atoms with E-state index in [0.717, 1.165) is 66.7 Å². The number of nitrogens with one attached hydrogen (secondary N) is 1. The molecule has 1 saturated heterocycles. The van der Waals surface area contributed by atoms with Gasteiger partial charge in [0.15, 0.2) is 0 Å². The molecule has 7 nitrogen and oxygen atoms in total. The molecule has 1 N–H and O–H groups in total. The number of hydrogen-bond acceptors (Lipinski definition) is 5. The Bertz CT molecular complexity index is 1280. The van der Waals surface area contributed by atoms with Crippen LogP contribution in [0.1, 0.15) is 21.7 Å². The first-order chi connectivity index (χ1) is 17.2. The topological polar surface area (TPSA) is 68.6 Å². The number of ether oxygens (including phenoxy) is 2. The maximum atomic E-state index is 12.7. The first kappa shape index (κ1) is 23.1. The van der Waals surface area contributed by atoms with Crippen molar-refractivity contribution in [1.29, 1.82) is 0 Å². The molecule has 0 aliphatic carbocycles. The molecule has 0 radical (unpaired) electrons. The number of amides is 1. The number of benzene rings is 3. The lowest BCUT2D eigenvalue weighted by atomic mass is 10.2. The van der Waals surface area contributed by atoms with Gasteiger partial charge in [0.1, 0.15) is 18.2 Å². The molecule has 4 aromatic rings. The summed E-state index contributed by atoms with van der Waals surface area (Å²) >= 11 is 0. The van der Waals surface area contributed by atoms with E-state index in [1.165, 1.54) is 0 Å². The van der Waals surface area contributed by atoms with E-state index in [4.69, 9.17) is 14.5 Å². The van der Waals surface area contributed by atoms with E-state index in [0.29, 0.717) is 18.7 Å². The molecule has 1 fully saturated rings. The molecule has 3 aromatic carbocycles. The SMILES string of the molecule is Cc1nc2cc(C(=O)NCCN3CCOCC3)ccc2n1-c1ccc(OCc2ccccc2)cc1. The highest BCUT2D eigenvalue weighted by Gasteiger charge is 2.14. The van der Waals surface area contributed by atoms with Gasteiger partial charge >= 0.3 is 0 Å². The van der Waals surface area contributed by atoms with Crippen molar-refractivity contribution in [2.45, 2.75) is 13.5 Å². The van der Waals surface area contributed by atoms with Crippen LogP contribution >= 0.6 is 0 Å². The summed E-state index contributed by atoms with van der Waals surface area (Å²) < 4.78 is 13.4. The van der Waals surface area contributed by atoms with Gasteiger partial charge in [0.2, 0.25) is 0 Å². The van der Waals surface area contributed by atoms with Gasteiger partial charge in [-0.15, -0.1) is 0 Å². The largest absolute Gasteiger partial charge is 0.489 e. The van der Waals surface area contributed by atoms with Crippen LogP contribution in [0.4, 0.5) is 0 Å². The van der Waals surface area contributed by atoms with Crippen LogP contribution < -0.4 is 10.1 Å². The zero-order chi connectivity index (χ0) is 24.0. The van der Waals surface area contributed by atoms with Crippen molar-refractivity contribution in [2.24, 2.45) is 0 Å². The van der Waals surface area contributed by atoms with Crippen LogP contribution in [-0.2, 0) is 11.3 Å². The molecule has 2 heterocycles. The minimum Gasteiger partial charge on any atom is -0.489 e. The zero-order valence-electron chi connectivity index (χ0n) is 19.9. The molecule has 35 heavy (non-hydrogen) atoms. The fourth-order valence-corrected chi connectivity index (χ4v) is 4.35. The fraction of sp³-hybridized carbons (Fsp3) is 0.286. The molecule has 0 saturated carbocycles. The highest BCUT2D eigenvalue weighted by molar-refractivity contribution is 5.97. The van der Waals surface area contributed by atoms with Crippen LogP contribution in [0.25, 0.3) is 16.7 Å². The summed E-state index contributed by atoms with van der Waals surface area (Å²) in [6, 6.07) is 23.8. The number of aromatic nitrogens is 2. The van der Waals surface area contributed by atoms with Gasteiger partial charge < -0.3 is 14.8 Å². The van der Waals surface area contributed by atoms with E-state index < -0.39 is 0 Å². The first-order valence-electron chi connectivity index (χ1n) is 12.0. The van der Waals surface area contributed by atoms with Crippen LogP contribution in [-0.4, -0.2) is 59.8 Å². The number of nitrogens with zero attached hydrogens (tertiary/aromatic N) is 3. The average Bonchev–Trinajstić information content (AvgIpc) is 3.24. The Kier molecular flexibility index (Phi) is 7.07. The molecule has 1 aliphatic heterocycles. The predicted octanol–water partition coefficient (Wildman–Crippen LogP) is 3.97. The molecule has 5 rings (SSSR count). The quantitative estimate of drug-likeness (QED) is 0.422. The third-order valence-electron chi connectivity index (χ3n) is 6.24. The lowest BCUT2D eigenvalue weighted by Gasteiger charge is -2.26. The summed E-state index contributed by atoms with van der Waals surface area (Å²) in [6.07, 6.45) is 0. The highest BCUT2D eigenvalue weighted by Crippen LogP contribution is 2.24. The van der Waals surface area contributed by atoms with E-state index in [1.807, 2.05) is 79.7 Å². The van der Waals surface area contributed by atoms with E-state index in [9.17, 15) is 4.79 Å². The summed E-state index contributed by atoms with van der Waals surface area (Å²) in [5, 5.41) is 3.02. The van der Waals surface area contributed by atoms with E-state index in [-0.39, 0.29) is 5.91 Å². The maximum absolute atomic E-state index is 12.7. The molecule has 0 spiro atoms. The predicted molar refractivity (Wildman–Crippen MR) is 136 cm³/mol. The molecule has 0 bridgehead atoms. The number of morpholine rings is 1. The molecule has 1 aromatic heterocycles. The number of carbonyl (C=O) groups is 1.